The van der Waals surface area contributed by atoms with Gasteiger partial charge < -0.3 is 8.98 Å². The fourth-order valence-corrected chi connectivity index (χ4v) is 8.46. The molecule has 0 unspecified atom stereocenters. The summed E-state index contributed by atoms with van der Waals surface area (Å²) in [5.41, 5.74) is 10.0. The molecule has 0 aliphatic carbocycles. The zero-order valence-corrected chi connectivity index (χ0v) is 27.1. The van der Waals surface area contributed by atoms with Gasteiger partial charge in [-0.2, -0.15) is 0 Å². The van der Waals surface area contributed by atoms with E-state index in [2.05, 4.69) is 180 Å². The van der Waals surface area contributed by atoms with Crippen molar-refractivity contribution >= 4 is 76.1 Å². The minimum atomic E-state index is 0.887. The van der Waals surface area contributed by atoms with E-state index in [9.17, 15) is 0 Å². The molecule has 0 aliphatic rings. The molecule has 0 saturated carbocycles. The molecular formula is C48H29NO. The zero-order valence-electron chi connectivity index (χ0n) is 27.1. The average Bonchev–Trinajstić information content (AvgIpc) is 3.73. The Balaban J connectivity index is 1.28. The van der Waals surface area contributed by atoms with Gasteiger partial charge in [-0.3, -0.25) is 0 Å². The highest BCUT2D eigenvalue weighted by atomic mass is 16.3. The van der Waals surface area contributed by atoms with Gasteiger partial charge in [-0.1, -0.05) is 146 Å². The van der Waals surface area contributed by atoms with E-state index in [1.165, 1.54) is 76.4 Å². The van der Waals surface area contributed by atoms with Crippen molar-refractivity contribution in [1.29, 1.82) is 0 Å². The maximum atomic E-state index is 6.90. The molecule has 0 fully saturated rings. The summed E-state index contributed by atoms with van der Waals surface area (Å²) < 4.78 is 9.28. The van der Waals surface area contributed by atoms with E-state index in [0.29, 0.717) is 0 Å². The van der Waals surface area contributed by atoms with Crippen molar-refractivity contribution in [3.63, 3.8) is 0 Å². The molecule has 0 N–H and O–H groups in total. The van der Waals surface area contributed by atoms with Gasteiger partial charge in [0.1, 0.15) is 5.58 Å². The first-order valence-electron chi connectivity index (χ1n) is 17.2. The van der Waals surface area contributed by atoms with Crippen molar-refractivity contribution in [3.8, 4) is 27.9 Å². The largest absolute Gasteiger partial charge is 0.454 e. The first-order valence-corrected chi connectivity index (χ1v) is 17.2. The first-order chi connectivity index (χ1) is 24.8. The summed E-state index contributed by atoms with van der Waals surface area (Å²) in [4.78, 5) is 0. The number of furan rings is 1. The first kappa shape index (κ1) is 27.3. The summed E-state index contributed by atoms with van der Waals surface area (Å²) in [6.45, 7) is 0. The number of hydrogen-bond donors (Lipinski definition) is 0. The van der Waals surface area contributed by atoms with Gasteiger partial charge in [0.25, 0.3) is 0 Å². The van der Waals surface area contributed by atoms with Crippen LogP contribution in [0.3, 0.4) is 0 Å². The van der Waals surface area contributed by atoms with E-state index < -0.39 is 0 Å². The van der Waals surface area contributed by atoms with Crippen LogP contribution in [0, 0.1) is 0 Å². The predicted molar refractivity (Wildman–Crippen MR) is 211 cm³/mol. The van der Waals surface area contributed by atoms with E-state index in [4.69, 9.17) is 4.42 Å². The maximum Gasteiger partial charge on any atom is 0.160 e. The lowest BCUT2D eigenvalue weighted by atomic mass is 9.84. The molecular weight excluding hydrogens is 607 g/mol. The van der Waals surface area contributed by atoms with Crippen molar-refractivity contribution < 1.29 is 4.42 Å². The summed E-state index contributed by atoms with van der Waals surface area (Å²) in [5, 5.41) is 12.1. The van der Waals surface area contributed by atoms with Crippen molar-refractivity contribution in [2.75, 3.05) is 0 Å². The Labute approximate surface area is 288 Å². The van der Waals surface area contributed by atoms with Crippen LogP contribution in [0.25, 0.3) is 104 Å². The lowest BCUT2D eigenvalue weighted by molar-refractivity contribution is 0.666. The van der Waals surface area contributed by atoms with E-state index in [1.807, 2.05) is 0 Å². The monoisotopic (exact) mass is 635 g/mol. The summed E-state index contributed by atoms with van der Waals surface area (Å²) >= 11 is 0. The van der Waals surface area contributed by atoms with Gasteiger partial charge in [-0.25, -0.2) is 0 Å². The highest BCUT2D eigenvalue weighted by Crippen LogP contribution is 2.48. The van der Waals surface area contributed by atoms with Gasteiger partial charge in [0.05, 0.1) is 16.7 Å². The minimum Gasteiger partial charge on any atom is -0.454 e. The summed E-state index contributed by atoms with van der Waals surface area (Å²) in [7, 11) is 0. The van der Waals surface area contributed by atoms with E-state index in [-0.39, 0.29) is 0 Å². The number of rotatable bonds is 3. The molecule has 232 valence electrons. The third-order valence-electron chi connectivity index (χ3n) is 10.6. The van der Waals surface area contributed by atoms with Crippen LogP contribution in [0.5, 0.6) is 0 Å². The fourth-order valence-electron chi connectivity index (χ4n) is 8.46. The van der Waals surface area contributed by atoms with Crippen LogP contribution in [0.1, 0.15) is 0 Å². The molecule has 2 heteroatoms. The van der Waals surface area contributed by atoms with Gasteiger partial charge in [0.2, 0.25) is 0 Å². The number of hydrogen-bond acceptors (Lipinski definition) is 1. The third-order valence-corrected chi connectivity index (χ3v) is 10.6. The SMILES string of the molecule is c1ccc2cc(-c3c4ccccc4c(-c4ccc(-n5c6ccccc6c6ccccc65)c5oc6ccccc6c45)c4ccccc34)ccc2c1. The number of aromatic nitrogens is 1. The average molecular weight is 636 g/mol. The van der Waals surface area contributed by atoms with Crippen molar-refractivity contribution in [2.45, 2.75) is 0 Å². The lowest BCUT2D eigenvalue weighted by Gasteiger charge is -2.19. The second-order valence-corrected chi connectivity index (χ2v) is 13.2. The van der Waals surface area contributed by atoms with Crippen LogP contribution < -0.4 is 0 Å². The Kier molecular flexibility index (Phi) is 5.70. The van der Waals surface area contributed by atoms with E-state index >= 15 is 0 Å². The number of nitrogens with zero attached hydrogens (tertiary/aromatic N) is 1. The molecule has 0 aliphatic heterocycles. The smallest absolute Gasteiger partial charge is 0.160 e. The molecule has 9 aromatic carbocycles. The Morgan fingerprint density at radius 3 is 1.56 bits per heavy atom. The molecule has 0 atom stereocenters. The number of para-hydroxylation sites is 3. The summed E-state index contributed by atoms with van der Waals surface area (Å²) in [6.07, 6.45) is 0. The van der Waals surface area contributed by atoms with Crippen LogP contribution in [-0.2, 0) is 0 Å². The number of fused-ring (bicyclic) bond motifs is 9. The third kappa shape index (κ3) is 3.79. The highest BCUT2D eigenvalue weighted by Gasteiger charge is 2.23. The van der Waals surface area contributed by atoms with Gasteiger partial charge in [-0.05, 0) is 84.9 Å². The second-order valence-electron chi connectivity index (χ2n) is 13.2. The van der Waals surface area contributed by atoms with Crippen LogP contribution >= 0.6 is 0 Å². The van der Waals surface area contributed by atoms with Crippen molar-refractivity contribution in [1.82, 2.24) is 4.57 Å². The van der Waals surface area contributed by atoms with Gasteiger partial charge >= 0.3 is 0 Å². The Morgan fingerprint density at radius 2 is 0.900 bits per heavy atom. The molecule has 11 aromatic rings. The number of benzene rings is 9. The van der Waals surface area contributed by atoms with Gasteiger partial charge in [-0.15, -0.1) is 0 Å². The van der Waals surface area contributed by atoms with Gasteiger partial charge in [0, 0.05) is 21.5 Å². The van der Waals surface area contributed by atoms with E-state index in [0.717, 1.165) is 27.6 Å². The quantitative estimate of drug-likeness (QED) is 0.177. The predicted octanol–water partition coefficient (Wildman–Crippen LogP) is 13.5. The molecule has 2 aromatic heterocycles. The van der Waals surface area contributed by atoms with E-state index in [1.54, 1.807) is 0 Å². The zero-order chi connectivity index (χ0) is 32.8. The normalized spacial score (nSPS) is 12.0. The molecule has 50 heavy (non-hydrogen) atoms. The Bertz CT molecular complexity index is 3050. The highest BCUT2D eigenvalue weighted by molar-refractivity contribution is 6.26. The molecule has 0 spiro atoms. The van der Waals surface area contributed by atoms with Crippen LogP contribution in [0.4, 0.5) is 0 Å². The van der Waals surface area contributed by atoms with Crippen LogP contribution in [-0.4, -0.2) is 4.57 Å². The second kappa shape index (κ2) is 10.4. The Morgan fingerprint density at radius 1 is 0.380 bits per heavy atom. The topological polar surface area (TPSA) is 18.1 Å². The summed E-state index contributed by atoms with van der Waals surface area (Å²) in [6, 6.07) is 63.7. The Hall–Kier alpha value is -6.64. The molecule has 0 amide bonds. The fraction of sp³-hybridized carbons (Fsp3) is 0. The van der Waals surface area contributed by atoms with Crippen LogP contribution in [0.15, 0.2) is 180 Å². The molecule has 0 saturated heterocycles. The molecule has 0 radical (unpaired) electrons. The van der Waals surface area contributed by atoms with Crippen LogP contribution in [0.2, 0.25) is 0 Å². The standard InChI is InChI=1S/C48H29NO/c1-2-14-31-29-32(26-25-30(31)13-1)45-35-17-3-5-19-37(35)46(38-20-6-4-18-36(38)45)40-27-28-43(48-47(40)39-21-9-12-24-44(39)50-48)49-41-22-10-7-15-33(41)34-16-8-11-23-42(34)49/h1-29H. The minimum absolute atomic E-state index is 0.887. The molecule has 11 rings (SSSR count). The summed E-state index contributed by atoms with van der Waals surface area (Å²) in [5.74, 6) is 0. The van der Waals surface area contributed by atoms with Crippen molar-refractivity contribution in [2.24, 2.45) is 0 Å². The van der Waals surface area contributed by atoms with Crippen molar-refractivity contribution in [3.05, 3.63) is 176 Å². The lowest BCUT2D eigenvalue weighted by Crippen LogP contribution is -1.96. The van der Waals surface area contributed by atoms with Gasteiger partial charge in [0.15, 0.2) is 5.58 Å². The molecule has 2 heterocycles. The maximum absolute atomic E-state index is 6.90. The molecule has 0 bridgehead atoms. The molecule has 2 nitrogen and oxygen atoms in total.